The molecule has 3 N–H and O–H groups in total. The van der Waals surface area contributed by atoms with Gasteiger partial charge < -0.3 is 11.1 Å². The van der Waals surface area contributed by atoms with Crippen molar-refractivity contribution < 1.29 is 4.79 Å². The molecule has 1 amide bonds. The van der Waals surface area contributed by atoms with Gasteiger partial charge >= 0.3 is 0 Å². The molecule has 0 saturated carbocycles. The monoisotopic (exact) mass is 129 g/mol. The first-order valence-electron chi connectivity index (χ1n) is 3.07. The molecule has 0 spiro atoms. The van der Waals surface area contributed by atoms with Gasteiger partial charge in [-0.1, -0.05) is 0 Å². The maximum absolute atomic E-state index is 10.6. The molecule has 9 heavy (non-hydrogen) atoms. The van der Waals surface area contributed by atoms with E-state index in [-0.39, 0.29) is 5.91 Å². The molecule has 0 aromatic carbocycles. The summed E-state index contributed by atoms with van der Waals surface area (Å²) in [5, 5.41) is 2.57. The van der Waals surface area contributed by atoms with Crippen LogP contribution in [0.25, 0.3) is 0 Å². The number of nitrogens with two attached hydrogens (primary N) is 1. The summed E-state index contributed by atoms with van der Waals surface area (Å²) in [6.45, 7) is 4.51. The van der Waals surface area contributed by atoms with Gasteiger partial charge in [0.05, 0.1) is 0 Å². The first kappa shape index (κ1) is 8.43. The molecule has 0 heterocycles. The highest BCUT2D eigenvalue weighted by molar-refractivity contribution is 5.75. The van der Waals surface area contributed by atoms with Gasteiger partial charge in [-0.2, -0.15) is 0 Å². The van der Waals surface area contributed by atoms with Gasteiger partial charge in [0.25, 0.3) is 0 Å². The lowest BCUT2D eigenvalue weighted by atomic mass is 10.3. The van der Waals surface area contributed by atoms with Crippen molar-refractivity contribution in [2.45, 2.75) is 12.8 Å². The minimum absolute atomic E-state index is 0.0375. The molecule has 0 saturated heterocycles. The topological polar surface area (TPSA) is 55.1 Å². The number of carbonyl (C=O) groups is 1. The van der Waals surface area contributed by atoms with Crippen molar-refractivity contribution in [3.63, 3.8) is 0 Å². The lowest BCUT2D eigenvalue weighted by molar-refractivity contribution is -0.120. The van der Waals surface area contributed by atoms with Crippen LogP contribution in [0.1, 0.15) is 12.8 Å². The Bertz CT molecular complexity index is 83.1. The highest BCUT2D eigenvalue weighted by atomic mass is 16.1. The Kier molecular flexibility index (Phi) is 5.21. The van der Waals surface area contributed by atoms with E-state index in [9.17, 15) is 4.79 Å². The van der Waals surface area contributed by atoms with Crippen molar-refractivity contribution in [2.24, 2.45) is 5.73 Å². The van der Waals surface area contributed by atoms with Crippen LogP contribution in [-0.2, 0) is 4.79 Å². The Hall–Kier alpha value is -0.570. The normalized spacial score (nSPS) is 9.11. The number of hydrogen-bond donors (Lipinski definition) is 2. The lowest BCUT2D eigenvalue weighted by Gasteiger charge is -1.98. The molecule has 0 bridgehead atoms. The average molecular weight is 129 g/mol. The van der Waals surface area contributed by atoms with Gasteiger partial charge in [0.2, 0.25) is 5.91 Å². The van der Waals surface area contributed by atoms with E-state index < -0.39 is 0 Å². The average Bonchev–Trinajstić information content (AvgIpc) is 1.85. The smallest absolute Gasteiger partial charge is 0.220 e. The molecule has 0 fully saturated rings. The molecule has 0 aliphatic heterocycles. The van der Waals surface area contributed by atoms with E-state index in [1.807, 2.05) is 0 Å². The maximum atomic E-state index is 10.6. The third kappa shape index (κ3) is 5.30. The molecule has 0 aliphatic rings. The molecule has 3 nitrogen and oxygen atoms in total. The summed E-state index contributed by atoms with van der Waals surface area (Å²) >= 11 is 0. The summed E-state index contributed by atoms with van der Waals surface area (Å²) < 4.78 is 0. The lowest BCUT2D eigenvalue weighted by Crippen LogP contribution is -2.23. The van der Waals surface area contributed by atoms with E-state index in [1.165, 1.54) is 0 Å². The van der Waals surface area contributed by atoms with Crippen LogP contribution in [0.2, 0.25) is 0 Å². The summed E-state index contributed by atoms with van der Waals surface area (Å²) in [4.78, 5) is 10.6. The van der Waals surface area contributed by atoms with Crippen LogP contribution in [0.15, 0.2) is 0 Å². The van der Waals surface area contributed by atoms with E-state index in [0.717, 1.165) is 6.42 Å². The van der Waals surface area contributed by atoms with Crippen LogP contribution >= 0.6 is 0 Å². The van der Waals surface area contributed by atoms with Crippen LogP contribution in [0, 0.1) is 6.92 Å². The van der Waals surface area contributed by atoms with E-state index in [4.69, 9.17) is 5.73 Å². The van der Waals surface area contributed by atoms with Crippen molar-refractivity contribution in [1.82, 2.24) is 5.32 Å². The van der Waals surface area contributed by atoms with Gasteiger partial charge in [-0.05, 0) is 19.9 Å². The molecule has 0 aromatic heterocycles. The summed E-state index contributed by atoms with van der Waals surface area (Å²) in [5.74, 6) is 0.0375. The fraction of sp³-hybridized carbons (Fsp3) is 0.667. The highest BCUT2D eigenvalue weighted by Gasteiger charge is 1.95. The zero-order valence-corrected chi connectivity index (χ0v) is 5.52. The van der Waals surface area contributed by atoms with Gasteiger partial charge in [0.15, 0.2) is 0 Å². The van der Waals surface area contributed by atoms with E-state index in [0.29, 0.717) is 19.5 Å². The van der Waals surface area contributed by atoms with Crippen LogP contribution < -0.4 is 11.1 Å². The van der Waals surface area contributed by atoms with Crippen LogP contribution in [0.5, 0.6) is 0 Å². The standard InChI is InChI=1S/C6H13N2O/c1-2-8-6(9)4-3-5-7/h1-5,7H2,(H,8,9). The fourth-order valence-electron chi connectivity index (χ4n) is 0.490. The second-order valence-corrected chi connectivity index (χ2v) is 1.74. The van der Waals surface area contributed by atoms with E-state index >= 15 is 0 Å². The summed E-state index contributed by atoms with van der Waals surface area (Å²) in [7, 11) is 0. The van der Waals surface area contributed by atoms with Crippen LogP contribution in [0.3, 0.4) is 0 Å². The molecule has 3 heteroatoms. The Labute approximate surface area is 55.6 Å². The number of rotatable bonds is 4. The first-order chi connectivity index (χ1) is 4.31. The second-order valence-electron chi connectivity index (χ2n) is 1.74. The van der Waals surface area contributed by atoms with Gasteiger partial charge in [-0.25, -0.2) is 0 Å². The molecule has 0 aromatic rings. The van der Waals surface area contributed by atoms with Gasteiger partial charge in [0, 0.05) is 13.0 Å². The predicted octanol–water partition coefficient (Wildman–Crippen LogP) is -0.324. The molecule has 0 aliphatic carbocycles. The van der Waals surface area contributed by atoms with Crippen molar-refractivity contribution >= 4 is 5.91 Å². The number of carbonyl (C=O) groups excluding carboxylic acids is 1. The Morgan fingerprint density at radius 1 is 1.67 bits per heavy atom. The Morgan fingerprint density at radius 3 is 2.78 bits per heavy atom. The van der Waals surface area contributed by atoms with Crippen LogP contribution in [-0.4, -0.2) is 19.0 Å². The van der Waals surface area contributed by atoms with E-state index in [1.54, 1.807) is 0 Å². The largest absolute Gasteiger partial charge is 0.356 e. The Balaban J connectivity index is 3.06. The van der Waals surface area contributed by atoms with Crippen molar-refractivity contribution in [3.05, 3.63) is 6.92 Å². The molecular weight excluding hydrogens is 116 g/mol. The highest BCUT2D eigenvalue weighted by Crippen LogP contribution is 1.83. The molecule has 53 valence electrons. The SMILES string of the molecule is [CH2]CNC(=O)CCCN. The van der Waals surface area contributed by atoms with Gasteiger partial charge in [-0.15, -0.1) is 0 Å². The van der Waals surface area contributed by atoms with E-state index in [2.05, 4.69) is 12.2 Å². The van der Waals surface area contributed by atoms with Gasteiger partial charge in [0.1, 0.15) is 0 Å². The van der Waals surface area contributed by atoms with Crippen molar-refractivity contribution in [3.8, 4) is 0 Å². The molecule has 1 radical (unpaired) electrons. The molecule has 0 rings (SSSR count). The fourth-order valence-corrected chi connectivity index (χ4v) is 0.490. The third-order valence-electron chi connectivity index (χ3n) is 0.930. The quantitative estimate of drug-likeness (QED) is 0.546. The minimum atomic E-state index is 0.0375. The molecule has 0 atom stereocenters. The van der Waals surface area contributed by atoms with Crippen molar-refractivity contribution in [2.75, 3.05) is 13.1 Å². The first-order valence-corrected chi connectivity index (χ1v) is 3.07. The predicted molar refractivity (Wildman–Crippen MR) is 36.7 cm³/mol. The Morgan fingerprint density at radius 2 is 2.33 bits per heavy atom. The molecule has 0 unspecified atom stereocenters. The summed E-state index contributed by atoms with van der Waals surface area (Å²) in [6.07, 6.45) is 1.28. The minimum Gasteiger partial charge on any atom is -0.356 e. The summed E-state index contributed by atoms with van der Waals surface area (Å²) in [5.41, 5.74) is 5.18. The maximum Gasteiger partial charge on any atom is 0.220 e. The zero-order valence-electron chi connectivity index (χ0n) is 5.52. The number of hydrogen-bond acceptors (Lipinski definition) is 2. The molecular formula is C6H13N2O. The number of nitrogens with one attached hydrogen (secondary N) is 1. The number of amides is 1. The second kappa shape index (κ2) is 5.56. The van der Waals surface area contributed by atoms with Gasteiger partial charge in [-0.3, -0.25) is 4.79 Å². The summed E-state index contributed by atoms with van der Waals surface area (Å²) in [6, 6.07) is 0. The zero-order chi connectivity index (χ0) is 7.11. The van der Waals surface area contributed by atoms with Crippen LogP contribution in [0.4, 0.5) is 0 Å². The third-order valence-corrected chi connectivity index (χ3v) is 0.930. The van der Waals surface area contributed by atoms with Crippen molar-refractivity contribution in [1.29, 1.82) is 0 Å².